The van der Waals surface area contributed by atoms with Gasteiger partial charge in [0.1, 0.15) is 5.75 Å². The van der Waals surface area contributed by atoms with E-state index in [1.54, 1.807) is 19.5 Å². The van der Waals surface area contributed by atoms with Gasteiger partial charge in [0, 0.05) is 43.2 Å². The minimum atomic E-state index is 0.0231. The van der Waals surface area contributed by atoms with Crippen LogP contribution in [0.5, 0.6) is 5.75 Å². The second kappa shape index (κ2) is 8.42. The normalized spacial score (nSPS) is 16.3. The first-order valence-corrected chi connectivity index (χ1v) is 10.8. The van der Waals surface area contributed by atoms with E-state index >= 15 is 0 Å². The lowest BCUT2D eigenvalue weighted by Crippen LogP contribution is -2.39. The smallest absolute Gasteiger partial charge is 0.255 e. The van der Waals surface area contributed by atoms with Crippen molar-refractivity contribution < 1.29 is 9.53 Å². The molecule has 1 aliphatic rings. The number of carbonyl (C=O) groups is 1. The van der Waals surface area contributed by atoms with Gasteiger partial charge in [0.25, 0.3) is 5.91 Å². The molecule has 7 nitrogen and oxygen atoms in total. The zero-order chi connectivity index (χ0) is 22.1. The Labute approximate surface area is 186 Å². The summed E-state index contributed by atoms with van der Waals surface area (Å²) in [7, 11) is 1.67. The third-order valence-electron chi connectivity index (χ3n) is 5.95. The van der Waals surface area contributed by atoms with Gasteiger partial charge in [-0.3, -0.25) is 9.78 Å². The summed E-state index contributed by atoms with van der Waals surface area (Å²) in [5.74, 6) is 1.74. The van der Waals surface area contributed by atoms with Crippen molar-refractivity contribution in [3.63, 3.8) is 0 Å². The Kier molecular flexibility index (Phi) is 5.31. The number of aryl methyl sites for hydroxylation is 1. The summed E-state index contributed by atoms with van der Waals surface area (Å²) in [5, 5.41) is 4.77. The molecule has 0 spiro atoms. The second-order valence-corrected chi connectivity index (χ2v) is 8.26. The average Bonchev–Trinajstić information content (AvgIpc) is 3.27. The molecule has 1 atom stereocenters. The van der Waals surface area contributed by atoms with Crippen LogP contribution < -0.4 is 4.74 Å². The van der Waals surface area contributed by atoms with Crippen molar-refractivity contribution in [3.8, 4) is 16.9 Å². The molecule has 1 fully saturated rings. The van der Waals surface area contributed by atoms with Crippen molar-refractivity contribution >= 4 is 11.6 Å². The van der Waals surface area contributed by atoms with E-state index in [4.69, 9.17) is 14.8 Å². The Hall–Kier alpha value is -3.74. The highest BCUT2D eigenvalue weighted by Gasteiger charge is 2.28. The molecule has 0 radical (unpaired) electrons. The molecule has 1 aromatic carbocycles. The van der Waals surface area contributed by atoms with E-state index in [2.05, 4.69) is 4.98 Å². The second-order valence-electron chi connectivity index (χ2n) is 8.26. The number of pyridine rings is 2. The van der Waals surface area contributed by atoms with Gasteiger partial charge in [0.15, 0.2) is 11.5 Å². The molecule has 7 heteroatoms. The molecule has 0 N–H and O–H groups in total. The number of piperidine rings is 1. The maximum absolute atomic E-state index is 13.0. The molecule has 32 heavy (non-hydrogen) atoms. The number of aromatic nitrogens is 4. The van der Waals surface area contributed by atoms with Crippen LogP contribution in [0, 0.1) is 6.92 Å². The number of fused-ring (bicyclic) bond motifs is 1. The fourth-order valence-electron chi connectivity index (χ4n) is 4.27. The Bertz CT molecular complexity index is 1280. The number of ether oxygens (including phenoxy) is 1. The average molecular weight is 428 g/mol. The highest BCUT2D eigenvalue weighted by Crippen LogP contribution is 2.28. The summed E-state index contributed by atoms with van der Waals surface area (Å²) >= 11 is 0. The largest absolute Gasteiger partial charge is 0.497 e. The molecule has 0 saturated carbocycles. The number of hydrogen-bond donors (Lipinski definition) is 0. The first-order valence-electron chi connectivity index (χ1n) is 10.8. The van der Waals surface area contributed by atoms with E-state index in [-0.39, 0.29) is 11.8 Å². The van der Waals surface area contributed by atoms with Gasteiger partial charge in [-0.25, -0.2) is 9.50 Å². The molecular weight excluding hydrogens is 402 g/mol. The highest BCUT2D eigenvalue weighted by molar-refractivity contribution is 5.94. The first kappa shape index (κ1) is 20.2. The predicted octanol–water partition coefficient (Wildman–Crippen LogP) is 4.13. The number of rotatable bonds is 4. The van der Waals surface area contributed by atoms with Crippen LogP contribution in [0.25, 0.3) is 16.8 Å². The summed E-state index contributed by atoms with van der Waals surface area (Å²) in [6.45, 7) is 3.31. The quantitative estimate of drug-likeness (QED) is 0.490. The number of amides is 1. The summed E-state index contributed by atoms with van der Waals surface area (Å²) in [4.78, 5) is 23.8. The molecule has 1 saturated heterocycles. The third kappa shape index (κ3) is 3.93. The van der Waals surface area contributed by atoms with E-state index in [1.165, 1.54) is 0 Å². The van der Waals surface area contributed by atoms with E-state index < -0.39 is 0 Å². The van der Waals surface area contributed by atoms with Crippen LogP contribution in [0.1, 0.15) is 40.5 Å². The first-order chi connectivity index (χ1) is 15.6. The molecule has 1 aliphatic heterocycles. The summed E-state index contributed by atoms with van der Waals surface area (Å²) in [5.41, 5.74) is 4.53. The number of nitrogens with zero attached hydrogens (tertiary/aromatic N) is 5. The van der Waals surface area contributed by atoms with Gasteiger partial charge in [-0.2, -0.15) is 5.10 Å². The standard InChI is InChI=1S/C25H25N5O2/c1-17-11-21(14-26-13-17)25(31)29-10-4-6-20(15-29)24-27-23-9-8-19(16-30(23)28-24)18-5-3-7-22(12-18)32-2/h3,5,7-9,11-14,16,20H,4,6,10,15H2,1-2H3/t20-/m0/s1. The Morgan fingerprint density at radius 1 is 1.12 bits per heavy atom. The van der Waals surface area contributed by atoms with Gasteiger partial charge in [-0.05, 0) is 61.2 Å². The van der Waals surface area contributed by atoms with Gasteiger partial charge in [-0.15, -0.1) is 0 Å². The van der Waals surface area contributed by atoms with Crippen LogP contribution in [0.2, 0.25) is 0 Å². The lowest BCUT2D eigenvalue weighted by Gasteiger charge is -2.31. The molecule has 0 unspecified atom stereocenters. The maximum atomic E-state index is 13.0. The number of hydrogen-bond acceptors (Lipinski definition) is 5. The lowest BCUT2D eigenvalue weighted by atomic mass is 9.97. The van der Waals surface area contributed by atoms with Crippen molar-refractivity contribution in [2.24, 2.45) is 0 Å². The van der Waals surface area contributed by atoms with Gasteiger partial charge >= 0.3 is 0 Å². The fourth-order valence-corrected chi connectivity index (χ4v) is 4.27. The lowest BCUT2D eigenvalue weighted by molar-refractivity contribution is 0.0704. The summed E-state index contributed by atoms with van der Waals surface area (Å²) in [6, 6.07) is 13.9. The topological polar surface area (TPSA) is 72.6 Å². The van der Waals surface area contributed by atoms with Crippen molar-refractivity contribution in [2.45, 2.75) is 25.7 Å². The van der Waals surface area contributed by atoms with Gasteiger partial charge in [-0.1, -0.05) is 12.1 Å². The molecule has 0 aliphatic carbocycles. The Morgan fingerprint density at radius 2 is 2.03 bits per heavy atom. The Balaban J connectivity index is 1.38. The van der Waals surface area contributed by atoms with Crippen LogP contribution in [-0.4, -0.2) is 50.6 Å². The summed E-state index contributed by atoms with van der Waals surface area (Å²) < 4.78 is 7.17. The molecule has 4 aromatic rings. The fraction of sp³-hybridized carbons (Fsp3) is 0.280. The number of methoxy groups -OCH3 is 1. The molecular formula is C25H25N5O2. The van der Waals surface area contributed by atoms with Crippen LogP contribution in [-0.2, 0) is 0 Å². The van der Waals surface area contributed by atoms with E-state index in [1.807, 2.05) is 65.0 Å². The molecule has 1 amide bonds. The molecule has 5 rings (SSSR count). The molecule has 3 aromatic heterocycles. The number of benzene rings is 1. The molecule has 4 heterocycles. The van der Waals surface area contributed by atoms with Crippen molar-refractivity contribution in [1.29, 1.82) is 0 Å². The van der Waals surface area contributed by atoms with Gasteiger partial charge in [0.2, 0.25) is 0 Å². The van der Waals surface area contributed by atoms with Gasteiger partial charge < -0.3 is 9.64 Å². The molecule has 0 bridgehead atoms. The zero-order valence-corrected chi connectivity index (χ0v) is 18.2. The minimum Gasteiger partial charge on any atom is -0.497 e. The van der Waals surface area contributed by atoms with E-state index in [0.29, 0.717) is 12.1 Å². The van der Waals surface area contributed by atoms with Crippen molar-refractivity contribution in [1.82, 2.24) is 24.5 Å². The number of likely N-dealkylation sites (tertiary alicyclic amines) is 1. The molecule has 162 valence electrons. The SMILES string of the molecule is COc1cccc(-c2ccc3nc([C@H]4CCCN(C(=O)c5cncc(C)c5)C4)nn3c2)c1. The van der Waals surface area contributed by atoms with Crippen LogP contribution >= 0.6 is 0 Å². The number of carbonyl (C=O) groups excluding carboxylic acids is 1. The predicted molar refractivity (Wildman–Crippen MR) is 122 cm³/mol. The Morgan fingerprint density at radius 3 is 2.88 bits per heavy atom. The van der Waals surface area contributed by atoms with Crippen LogP contribution in [0.4, 0.5) is 0 Å². The van der Waals surface area contributed by atoms with Crippen LogP contribution in [0.15, 0.2) is 61.1 Å². The van der Waals surface area contributed by atoms with Gasteiger partial charge in [0.05, 0.1) is 12.7 Å². The highest BCUT2D eigenvalue weighted by atomic mass is 16.5. The zero-order valence-electron chi connectivity index (χ0n) is 18.2. The summed E-state index contributed by atoms with van der Waals surface area (Å²) in [6.07, 6.45) is 7.29. The minimum absolute atomic E-state index is 0.0231. The van der Waals surface area contributed by atoms with Crippen molar-refractivity contribution in [2.75, 3.05) is 20.2 Å². The van der Waals surface area contributed by atoms with E-state index in [9.17, 15) is 4.79 Å². The maximum Gasteiger partial charge on any atom is 0.255 e. The van der Waals surface area contributed by atoms with Crippen molar-refractivity contribution in [3.05, 3.63) is 78.0 Å². The third-order valence-corrected chi connectivity index (χ3v) is 5.95. The monoisotopic (exact) mass is 427 g/mol. The van der Waals surface area contributed by atoms with E-state index in [0.717, 1.165) is 53.3 Å². The van der Waals surface area contributed by atoms with Crippen LogP contribution in [0.3, 0.4) is 0 Å².